The maximum atomic E-state index is 13.2. The van der Waals surface area contributed by atoms with E-state index >= 15 is 0 Å². The summed E-state index contributed by atoms with van der Waals surface area (Å²) in [6.45, 7) is 3.29. The number of carbonyl (C=O) groups excluding carboxylic acids is 2. The number of benzene rings is 2. The van der Waals surface area contributed by atoms with Crippen LogP contribution in [0.15, 0.2) is 42.5 Å². The molecular weight excluding hydrogens is 416 g/mol. The molecule has 1 fully saturated rings. The van der Waals surface area contributed by atoms with Crippen molar-refractivity contribution in [1.82, 2.24) is 9.80 Å². The molecule has 1 saturated carbocycles. The van der Waals surface area contributed by atoms with E-state index in [1.807, 2.05) is 0 Å². The molecular formula is C27H32N2O4. The van der Waals surface area contributed by atoms with E-state index in [-0.39, 0.29) is 24.2 Å². The molecule has 6 nitrogen and oxygen atoms in total. The number of carbonyl (C=O) groups is 2. The van der Waals surface area contributed by atoms with Gasteiger partial charge in [-0.1, -0.05) is 43.2 Å². The lowest BCUT2D eigenvalue weighted by molar-refractivity contribution is 0.0501. The van der Waals surface area contributed by atoms with Gasteiger partial charge in [-0.2, -0.15) is 0 Å². The van der Waals surface area contributed by atoms with Crippen molar-refractivity contribution in [3.8, 4) is 5.75 Å². The molecule has 2 aliphatic heterocycles. The molecule has 2 heterocycles. The van der Waals surface area contributed by atoms with Crippen molar-refractivity contribution in [3.63, 3.8) is 0 Å². The molecule has 1 amide bonds. The minimum absolute atomic E-state index is 0.0953. The number of fused-ring (bicyclic) bond motifs is 2. The van der Waals surface area contributed by atoms with Crippen LogP contribution in [0.25, 0.3) is 0 Å². The van der Waals surface area contributed by atoms with Crippen LogP contribution in [0.2, 0.25) is 0 Å². The van der Waals surface area contributed by atoms with Gasteiger partial charge < -0.3 is 14.7 Å². The molecule has 33 heavy (non-hydrogen) atoms. The van der Waals surface area contributed by atoms with Gasteiger partial charge in [0.1, 0.15) is 12.4 Å². The highest BCUT2D eigenvalue weighted by Gasteiger charge is 2.29. The monoisotopic (exact) mass is 448 g/mol. The van der Waals surface area contributed by atoms with Crippen molar-refractivity contribution in [2.75, 3.05) is 32.8 Å². The predicted molar refractivity (Wildman–Crippen MR) is 126 cm³/mol. The van der Waals surface area contributed by atoms with Crippen LogP contribution < -0.4 is 4.74 Å². The van der Waals surface area contributed by atoms with Crippen LogP contribution in [0.5, 0.6) is 5.75 Å². The molecule has 6 heteroatoms. The van der Waals surface area contributed by atoms with E-state index < -0.39 is 6.10 Å². The number of aliphatic hydroxyl groups excluding tert-OH is 1. The number of rotatable bonds is 6. The highest BCUT2D eigenvalue weighted by Crippen LogP contribution is 2.31. The lowest BCUT2D eigenvalue weighted by Crippen LogP contribution is -2.44. The predicted octanol–water partition coefficient (Wildman–Crippen LogP) is 3.31. The zero-order valence-corrected chi connectivity index (χ0v) is 19.0. The number of aliphatic hydroxyl groups is 1. The highest BCUT2D eigenvalue weighted by atomic mass is 16.5. The number of ether oxygens (including phenoxy) is 1. The molecule has 2 aromatic rings. The lowest BCUT2D eigenvalue weighted by atomic mass is 9.95. The van der Waals surface area contributed by atoms with E-state index in [4.69, 9.17) is 4.74 Å². The summed E-state index contributed by atoms with van der Waals surface area (Å²) >= 11 is 0. The van der Waals surface area contributed by atoms with Gasteiger partial charge in [0, 0.05) is 37.7 Å². The molecule has 2 aromatic carbocycles. The smallest absolute Gasteiger partial charge is 0.257 e. The summed E-state index contributed by atoms with van der Waals surface area (Å²) < 4.78 is 5.87. The Labute approximate surface area is 195 Å². The van der Waals surface area contributed by atoms with E-state index in [2.05, 4.69) is 29.2 Å². The summed E-state index contributed by atoms with van der Waals surface area (Å²) in [4.78, 5) is 29.9. The van der Waals surface area contributed by atoms with E-state index in [1.165, 1.54) is 11.1 Å². The lowest BCUT2D eigenvalue weighted by Gasteiger charge is -2.32. The van der Waals surface area contributed by atoms with Gasteiger partial charge >= 0.3 is 0 Å². The first kappa shape index (κ1) is 22.1. The SMILES string of the molecule is O=C(c1ccc2c(c1)OCCN(C[C@H](O)CN1CCc3ccccc3C1)C2=O)C1CCCC1. The molecule has 0 unspecified atom stereocenters. The van der Waals surface area contributed by atoms with Crippen LogP contribution in [-0.2, 0) is 13.0 Å². The van der Waals surface area contributed by atoms with Gasteiger partial charge in [0.15, 0.2) is 5.78 Å². The standard InChI is InChI=1S/C27H32N2O4/c30-23(17-28-12-11-19-5-1-4-8-22(19)16-28)18-29-13-14-33-25-15-21(9-10-24(25)27(29)32)26(31)20-6-2-3-7-20/h1,4-5,8-10,15,20,23,30H,2-3,6-7,11-14,16-18H2/t23-/m1/s1. The molecule has 1 aliphatic carbocycles. The Hall–Kier alpha value is -2.70. The minimum atomic E-state index is -0.635. The molecule has 174 valence electrons. The van der Waals surface area contributed by atoms with Gasteiger partial charge in [-0.25, -0.2) is 0 Å². The number of nitrogens with zero attached hydrogens (tertiary/aromatic N) is 2. The second-order valence-corrected chi connectivity index (χ2v) is 9.56. The van der Waals surface area contributed by atoms with Crippen LogP contribution in [0.1, 0.15) is 57.5 Å². The van der Waals surface area contributed by atoms with Crippen LogP contribution in [0, 0.1) is 5.92 Å². The quantitative estimate of drug-likeness (QED) is 0.687. The number of hydrogen-bond donors (Lipinski definition) is 1. The minimum Gasteiger partial charge on any atom is -0.491 e. The Morgan fingerprint density at radius 3 is 2.67 bits per heavy atom. The molecule has 1 atom stereocenters. The number of ketones is 1. The highest BCUT2D eigenvalue weighted by molar-refractivity contribution is 6.02. The molecule has 0 bridgehead atoms. The van der Waals surface area contributed by atoms with Crippen molar-refractivity contribution in [3.05, 3.63) is 64.7 Å². The molecule has 1 N–H and O–H groups in total. The first-order chi connectivity index (χ1) is 16.1. The fourth-order valence-corrected chi connectivity index (χ4v) is 5.43. The van der Waals surface area contributed by atoms with Gasteiger partial charge in [0.05, 0.1) is 18.2 Å². The van der Waals surface area contributed by atoms with Crippen LogP contribution in [0.3, 0.4) is 0 Å². The third kappa shape index (κ3) is 4.82. The van der Waals surface area contributed by atoms with Gasteiger partial charge in [0.25, 0.3) is 5.91 Å². The summed E-state index contributed by atoms with van der Waals surface area (Å²) in [6, 6.07) is 13.6. The number of β-amino-alcohol motifs (C(OH)–C–C–N with tert-alkyl or cyclic N) is 1. The average Bonchev–Trinajstić information content (AvgIpc) is 3.32. The zero-order chi connectivity index (χ0) is 22.8. The Bertz CT molecular complexity index is 1030. The third-order valence-corrected chi connectivity index (χ3v) is 7.24. The normalized spacial score (nSPS) is 20.0. The summed E-state index contributed by atoms with van der Waals surface area (Å²) in [5.41, 5.74) is 3.79. The summed E-state index contributed by atoms with van der Waals surface area (Å²) in [5, 5.41) is 10.8. The van der Waals surface area contributed by atoms with Gasteiger partial charge in [-0.15, -0.1) is 0 Å². The maximum Gasteiger partial charge on any atom is 0.257 e. The Balaban J connectivity index is 1.22. The second-order valence-electron chi connectivity index (χ2n) is 9.56. The molecule has 5 rings (SSSR count). The molecule has 0 aromatic heterocycles. The fraction of sp³-hybridized carbons (Fsp3) is 0.481. The van der Waals surface area contributed by atoms with Crippen LogP contribution in [-0.4, -0.2) is 65.5 Å². The van der Waals surface area contributed by atoms with Gasteiger partial charge in [-0.05, 0) is 42.5 Å². The maximum absolute atomic E-state index is 13.2. The van der Waals surface area contributed by atoms with Gasteiger partial charge in [0.2, 0.25) is 0 Å². The van der Waals surface area contributed by atoms with E-state index in [1.54, 1.807) is 23.1 Å². The van der Waals surface area contributed by atoms with Gasteiger partial charge in [-0.3, -0.25) is 14.5 Å². The van der Waals surface area contributed by atoms with Crippen molar-refractivity contribution < 1.29 is 19.4 Å². The Morgan fingerprint density at radius 1 is 1.06 bits per heavy atom. The first-order valence-corrected chi connectivity index (χ1v) is 12.2. The van der Waals surface area contributed by atoms with Crippen molar-refractivity contribution in [2.24, 2.45) is 5.92 Å². The fourth-order valence-electron chi connectivity index (χ4n) is 5.43. The van der Waals surface area contributed by atoms with E-state index in [0.717, 1.165) is 45.2 Å². The number of amides is 1. The Kier molecular flexibility index (Phi) is 6.47. The number of hydrogen-bond acceptors (Lipinski definition) is 5. The molecule has 3 aliphatic rings. The molecule has 0 saturated heterocycles. The number of Topliss-reactive ketones (excluding diaryl/α,β-unsaturated/α-hetero) is 1. The summed E-state index contributed by atoms with van der Waals surface area (Å²) in [5.74, 6) is 0.586. The van der Waals surface area contributed by atoms with Crippen LogP contribution >= 0.6 is 0 Å². The van der Waals surface area contributed by atoms with Crippen molar-refractivity contribution in [1.29, 1.82) is 0 Å². The largest absolute Gasteiger partial charge is 0.491 e. The summed E-state index contributed by atoms with van der Waals surface area (Å²) in [6.07, 6.45) is 4.46. The van der Waals surface area contributed by atoms with E-state index in [9.17, 15) is 14.7 Å². The molecule has 0 spiro atoms. The average molecular weight is 449 g/mol. The van der Waals surface area contributed by atoms with Crippen molar-refractivity contribution in [2.45, 2.75) is 44.8 Å². The van der Waals surface area contributed by atoms with E-state index in [0.29, 0.717) is 36.6 Å². The summed E-state index contributed by atoms with van der Waals surface area (Å²) in [7, 11) is 0. The topological polar surface area (TPSA) is 70.1 Å². The van der Waals surface area contributed by atoms with Crippen LogP contribution in [0.4, 0.5) is 0 Å². The second kappa shape index (κ2) is 9.65. The molecule has 0 radical (unpaired) electrons. The first-order valence-electron chi connectivity index (χ1n) is 12.2. The van der Waals surface area contributed by atoms with Crippen molar-refractivity contribution >= 4 is 11.7 Å². The third-order valence-electron chi connectivity index (χ3n) is 7.24. The Morgan fingerprint density at radius 2 is 1.85 bits per heavy atom. The zero-order valence-electron chi connectivity index (χ0n) is 19.0.